The van der Waals surface area contributed by atoms with Crippen molar-refractivity contribution in [2.75, 3.05) is 6.61 Å². The number of benzene rings is 2. The van der Waals surface area contributed by atoms with Crippen LogP contribution in [0.2, 0.25) is 0 Å². The fraction of sp³-hybridized carbons (Fsp3) is 0.444. The molecule has 0 aromatic heterocycles. The van der Waals surface area contributed by atoms with E-state index in [1.165, 1.54) is 40.3 Å². The molecule has 0 saturated carbocycles. The minimum Gasteiger partial charge on any atom is -0.374 e. The van der Waals surface area contributed by atoms with Crippen LogP contribution in [-0.2, 0) is 17.6 Å². The van der Waals surface area contributed by atoms with Gasteiger partial charge in [-0.15, -0.1) is 0 Å². The highest BCUT2D eigenvalue weighted by Crippen LogP contribution is 2.37. The van der Waals surface area contributed by atoms with Gasteiger partial charge in [-0.25, -0.2) is 0 Å². The van der Waals surface area contributed by atoms with Crippen molar-refractivity contribution >= 4 is 10.8 Å². The maximum absolute atomic E-state index is 5.98. The van der Waals surface area contributed by atoms with Crippen LogP contribution in [0.15, 0.2) is 30.3 Å². The Bertz CT molecular complexity index is 569. The van der Waals surface area contributed by atoms with E-state index in [1.807, 2.05) is 0 Å². The van der Waals surface area contributed by atoms with Gasteiger partial charge in [-0.3, -0.25) is 0 Å². The molecule has 0 amide bonds. The monoisotopic (exact) mass is 254 g/mol. The second-order valence-corrected chi connectivity index (χ2v) is 5.39. The Balaban J connectivity index is 2.14. The fourth-order valence-corrected chi connectivity index (χ4v) is 3.34. The Labute approximate surface area is 115 Å². The molecular formula is C18H22O. The van der Waals surface area contributed by atoms with E-state index in [0.717, 1.165) is 19.4 Å². The molecule has 0 radical (unpaired) electrons. The second kappa shape index (κ2) is 5.34. The van der Waals surface area contributed by atoms with Gasteiger partial charge in [0, 0.05) is 6.61 Å². The van der Waals surface area contributed by atoms with Gasteiger partial charge < -0.3 is 4.74 Å². The summed E-state index contributed by atoms with van der Waals surface area (Å²) in [4.78, 5) is 0. The van der Waals surface area contributed by atoms with Crippen molar-refractivity contribution in [1.82, 2.24) is 0 Å². The highest BCUT2D eigenvalue weighted by atomic mass is 16.5. The molecule has 1 unspecified atom stereocenters. The van der Waals surface area contributed by atoms with E-state index in [-0.39, 0.29) is 6.10 Å². The minimum absolute atomic E-state index is 0.250. The summed E-state index contributed by atoms with van der Waals surface area (Å²) in [5.74, 6) is 0. The molecule has 0 aliphatic heterocycles. The van der Waals surface area contributed by atoms with Crippen LogP contribution in [0.3, 0.4) is 0 Å². The van der Waals surface area contributed by atoms with Crippen molar-refractivity contribution in [2.45, 2.75) is 45.6 Å². The van der Waals surface area contributed by atoms with Gasteiger partial charge in [0.2, 0.25) is 0 Å². The Hall–Kier alpha value is -1.34. The van der Waals surface area contributed by atoms with Crippen LogP contribution >= 0.6 is 0 Å². The van der Waals surface area contributed by atoms with E-state index in [9.17, 15) is 0 Å². The molecule has 0 N–H and O–H groups in total. The van der Waals surface area contributed by atoms with Crippen molar-refractivity contribution in [3.05, 3.63) is 47.0 Å². The van der Waals surface area contributed by atoms with Gasteiger partial charge in [-0.2, -0.15) is 0 Å². The van der Waals surface area contributed by atoms with Gasteiger partial charge >= 0.3 is 0 Å². The number of ether oxygens (including phenoxy) is 1. The van der Waals surface area contributed by atoms with Gasteiger partial charge in [0.1, 0.15) is 0 Å². The fourth-order valence-electron chi connectivity index (χ4n) is 3.34. The Morgan fingerprint density at radius 3 is 2.58 bits per heavy atom. The first-order chi connectivity index (χ1) is 9.35. The SMILES string of the molecule is CCCC(OCC)c1ccc2c3c(cccc13)CC2. The summed E-state index contributed by atoms with van der Waals surface area (Å²) in [6, 6.07) is 11.4. The van der Waals surface area contributed by atoms with E-state index in [1.54, 1.807) is 0 Å². The van der Waals surface area contributed by atoms with Gasteiger partial charge in [0.05, 0.1) is 6.10 Å². The van der Waals surface area contributed by atoms with E-state index < -0.39 is 0 Å². The lowest BCUT2D eigenvalue weighted by Crippen LogP contribution is -2.05. The Morgan fingerprint density at radius 1 is 1.05 bits per heavy atom. The van der Waals surface area contributed by atoms with Crippen molar-refractivity contribution in [1.29, 1.82) is 0 Å². The predicted molar refractivity (Wildman–Crippen MR) is 80.6 cm³/mol. The van der Waals surface area contributed by atoms with Crippen LogP contribution in [0.4, 0.5) is 0 Å². The first kappa shape index (κ1) is 12.7. The minimum atomic E-state index is 0.250. The molecule has 1 nitrogen and oxygen atoms in total. The van der Waals surface area contributed by atoms with E-state index in [0.29, 0.717) is 0 Å². The third-order valence-electron chi connectivity index (χ3n) is 4.18. The molecule has 0 fully saturated rings. The molecule has 1 aliphatic rings. The lowest BCUT2D eigenvalue weighted by atomic mass is 9.95. The smallest absolute Gasteiger partial charge is 0.0830 e. The van der Waals surface area contributed by atoms with Crippen LogP contribution < -0.4 is 0 Å². The average Bonchev–Trinajstić information content (AvgIpc) is 2.85. The largest absolute Gasteiger partial charge is 0.374 e. The summed E-state index contributed by atoms with van der Waals surface area (Å²) in [6.07, 6.45) is 4.91. The molecule has 1 atom stereocenters. The van der Waals surface area contributed by atoms with Crippen LogP contribution in [0.25, 0.3) is 10.8 Å². The van der Waals surface area contributed by atoms with Crippen molar-refractivity contribution in [3.63, 3.8) is 0 Å². The van der Waals surface area contributed by atoms with Crippen LogP contribution in [0, 0.1) is 0 Å². The van der Waals surface area contributed by atoms with E-state index in [4.69, 9.17) is 4.74 Å². The third-order valence-corrected chi connectivity index (χ3v) is 4.18. The number of rotatable bonds is 5. The molecular weight excluding hydrogens is 232 g/mol. The molecule has 100 valence electrons. The molecule has 1 heteroatoms. The van der Waals surface area contributed by atoms with Gasteiger partial charge in [0.25, 0.3) is 0 Å². The van der Waals surface area contributed by atoms with E-state index in [2.05, 4.69) is 44.2 Å². The lowest BCUT2D eigenvalue weighted by Gasteiger charge is -2.19. The molecule has 0 heterocycles. The van der Waals surface area contributed by atoms with Crippen molar-refractivity contribution in [2.24, 2.45) is 0 Å². The van der Waals surface area contributed by atoms with Crippen LogP contribution in [-0.4, -0.2) is 6.61 Å². The molecule has 3 rings (SSSR count). The van der Waals surface area contributed by atoms with Crippen molar-refractivity contribution in [3.8, 4) is 0 Å². The maximum Gasteiger partial charge on any atom is 0.0830 e. The van der Waals surface area contributed by atoms with E-state index >= 15 is 0 Å². The van der Waals surface area contributed by atoms with Crippen LogP contribution in [0.5, 0.6) is 0 Å². The predicted octanol–water partition coefficient (Wildman–Crippen LogP) is 4.82. The van der Waals surface area contributed by atoms with Gasteiger partial charge in [0.15, 0.2) is 0 Å². The second-order valence-electron chi connectivity index (χ2n) is 5.39. The summed E-state index contributed by atoms with van der Waals surface area (Å²) in [7, 11) is 0. The molecule has 1 aliphatic carbocycles. The standard InChI is InChI=1S/C18H22O/c1-3-6-17(19-4-2)15-12-11-14-10-9-13-7-5-8-16(15)18(13)14/h5,7-8,11-12,17H,3-4,6,9-10H2,1-2H3. The zero-order valence-corrected chi connectivity index (χ0v) is 11.9. The third kappa shape index (κ3) is 2.17. The zero-order chi connectivity index (χ0) is 13.2. The van der Waals surface area contributed by atoms with Gasteiger partial charge in [-0.05, 0) is 53.6 Å². The van der Waals surface area contributed by atoms with Crippen LogP contribution in [0.1, 0.15) is 49.5 Å². The van der Waals surface area contributed by atoms with Gasteiger partial charge in [-0.1, -0.05) is 43.7 Å². The number of hydrogen-bond donors (Lipinski definition) is 0. The summed E-state index contributed by atoms with van der Waals surface area (Å²) < 4.78 is 5.98. The normalized spacial score (nSPS) is 15.1. The van der Waals surface area contributed by atoms with Crippen molar-refractivity contribution < 1.29 is 4.74 Å². The first-order valence-corrected chi connectivity index (χ1v) is 7.50. The number of hydrogen-bond acceptors (Lipinski definition) is 1. The Kier molecular flexibility index (Phi) is 3.56. The summed E-state index contributed by atoms with van der Waals surface area (Å²) in [5.41, 5.74) is 4.41. The molecule has 0 bridgehead atoms. The first-order valence-electron chi connectivity index (χ1n) is 7.50. The molecule has 2 aromatic rings. The lowest BCUT2D eigenvalue weighted by molar-refractivity contribution is 0.0567. The molecule has 0 saturated heterocycles. The quantitative estimate of drug-likeness (QED) is 0.743. The summed E-state index contributed by atoms with van der Waals surface area (Å²) in [6.45, 7) is 5.10. The highest BCUT2D eigenvalue weighted by Gasteiger charge is 2.19. The molecule has 19 heavy (non-hydrogen) atoms. The number of aryl methyl sites for hydroxylation is 2. The summed E-state index contributed by atoms with van der Waals surface area (Å²) >= 11 is 0. The topological polar surface area (TPSA) is 9.23 Å². The molecule has 2 aromatic carbocycles. The zero-order valence-electron chi connectivity index (χ0n) is 11.9. The summed E-state index contributed by atoms with van der Waals surface area (Å²) in [5, 5.41) is 2.92. The maximum atomic E-state index is 5.98. The Morgan fingerprint density at radius 2 is 1.84 bits per heavy atom. The molecule has 0 spiro atoms. The average molecular weight is 254 g/mol. The highest BCUT2D eigenvalue weighted by molar-refractivity contribution is 5.93.